The fourth-order valence-electron chi connectivity index (χ4n) is 4.13. The predicted octanol–water partition coefficient (Wildman–Crippen LogP) is 4.52. The second-order valence-corrected chi connectivity index (χ2v) is 8.69. The third-order valence-corrected chi connectivity index (χ3v) is 6.35. The molecule has 8 heteroatoms. The number of rotatable bonds is 7. The van der Waals surface area contributed by atoms with Gasteiger partial charge in [0.15, 0.2) is 0 Å². The molecule has 0 atom stereocenters. The summed E-state index contributed by atoms with van der Waals surface area (Å²) in [5.74, 6) is -0.179. The van der Waals surface area contributed by atoms with Gasteiger partial charge in [0.1, 0.15) is 0 Å². The Balaban J connectivity index is 1.84. The van der Waals surface area contributed by atoms with Gasteiger partial charge in [-0.1, -0.05) is 18.5 Å². The Morgan fingerprint density at radius 2 is 1.65 bits per heavy atom. The molecule has 0 spiro atoms. The van der Waals surface area contributed by atoms with E-state index in [1.807, 2.05) is 30.9 Å². The molecule has 2 aromatic rings. The van der Waals surface area contributed by atoms with Gasteiger partial charge in [0.25, 0.3) is 11.8 Å². The van der Waals surface area contributed by atoms with Crippen molar-refractivity contribution in [2.75, 3.05) is 49.5 Å². The highest BCUT2D eigenvalue weighted by molar-refractivity contribution is 6.30. The van der Waals surface area contributed by atoms with Crippen molar-refractivity contribution in [1.82, 2.24) is 9.80 Å². The van der Waals surface area contributed by atoms with Crippen molar-refractivity contribution in [1.29, 1.82) is 0 Å². The van der Waals surface area contributed by atoms with Crippen LogP contribution in [0.2, 0.25) is 5.02 Å². The molecule has 1 saturated heterocycles. The molecule has 0 unspecified atom stereocenters. The molecule has 34 heavy (non-hydrogen) atoms. The Hall–Kier alpha value is -3.06. The smallest absolute Gasteiger partial charge is 0.256 e. The first-order valence-electron chi connectivity index (χ1n) is 11.9. The van der Waals surface area contributed by atoms with Crippen LogP contribution in [0.3, 0.4) is 0 Å². The van der Waals surface area contributed by atoms with Crippen molar-refractivity contribution in [2.24, 2.45) is 0 Å². The van der Waals surface area contributed by atoms with Gasteiger partial charge in [-0.3, -0.25) is 14.4 Å². The van der Waals surface area contributed by atoms with Crippen LogP contribution in [0.1, 0.15) is 54.3 Å². The molecule has 1 fully saturated rings. The highest BCUT2D eigenvalue weighted by Crippen LogP contribution is 2.27. The highest BCUT2D eigenvalue weighted by atomic mass is 35.5. The molecule has 2 aromatic carbocycles. The van der Waals surface area contributed by atoms with E-state index < -0.39 is 0 Å². The first-order valence-corrected chi connectivity index (χ1v) is 12.3. The summed E-state index contributed by atoms with van der Waals surface area (Å²) in [4.78, 5) is 44.1. The summed E-state index contributed by atoms with van der Waals surface area (Å²) in [7, 11) is 0. The maximum Gasteiger partial charge on any atom is 0.256 e. The normalized spacial score (nSPS) is 13.9. The molecule has 0 radical (unpaired) electrons. The number of carbonyl (C=O) groups excluding carboxylic acids is 3. The number of nitrogens with one attached hydrogen (secondary N) is 1. The predicted molar refractivity (Wildman–Crippen MR) is 137 cm³/mol. The molecule has 0 bridgehead atoms. The highest BCUT2D eigenvalue weighted by Gasteiger charge is 2.25. The number of anilines is 2. The quantitative estimate of drug-likeness (QED) is 0.627. The van der Waals surface area contributed by atoms with E-state index in [-0.39, 0.29) is 17.7 Å². The SMILES string of the molecule is CCC(=O)Nc1ccc(N2CCCN(C(=O)c3ccc(Cl)cc3)CC2)c(C(=O)N(CC)CC)c1. The standard InChI is InChI=1S/C26H33ClN4O3/c1-4-24(32)28-21-12-13-23(22(18-21)26(34)29(5-2)6-3)30-14-7-15-31(17-16-30)25(33)19-8-10-20(27)11-9-19/h8-13,18H,4-7,14-17H2,1-3H3,(H,28,32). The second-order valence-electron chi connectivity index (χ2n) is 8.25. The van der Waals surface area contributed by atoms with Crippen molar-refractivity contribution < 1.29 is 14.4 Å². The Labute approximate surface area is 206 Å². The minimum absolute atomic E-state index is 0.0180. The van der Waals surface area contributed by atoms with Crippen LogP contribution < -0.4 is 10.2 Å². The van der Waals surface area contributed by atoms with Crippen LogP contribution in [0.5, 0.6) is 0 Å². The van der Waals surface area contributed by atoms with Gasteiger partial charge in [-0.2, -0.15) is 0 Å². The number of carbonyl (C=O) groups is 3. The molecular weight excluding hydrogens is 452 g/mol. The van der Waals surface area contributed by atoms with Crippen LogP contribution in [0.4, 0.5) is 11.4 Å². The van der Waals surface area contributed by atoms with Crippen LogP contribution in [-0.4, -0.2) is 66.8 Å². The zero-order valence-corrected chi connectivity index (χ0v) is 20.9. The van der Waals surface area contributed by atoms with Crippen LogP contribution in [-0.2, 0) is 4.79 Å². The van der Waals surface area contributed by atoms with Gasteiger partial charge >= 0.3 is 0 Å². The van der Waals surface area contributed by atoms with Crippen LogP contribution in [0.15, 0.2) is 42.5 Å². The first-order chi connectivity index (χ1) is 16.4. The lowest BCUT2D eigenvalue weighted by Gasteiger charge is -2.28. The number of benzene rings is 2. The van der Waals surface area contributed by atoms with Crippen molar-refractivity contribution in [2.45, 2.75) is 33.6 Å². The zero-order chi connectivity index (χ0) is 24.7. The Morgan fingerprint density at radius 3 is 2.29 bits per heavy atom. The first kappa shape index (κ1) is 25.6. The summed E-state index contributed by atoms with van der Waals surface area (Å²) in [6, 6.07) is 12.5. The number of hydrogen-bond donors (Lipinski definition) is 1. The van der Waals surface area contributed by atoms with E-state index in [9.17, 15) is 14.4 Å². The van der Waals surface area contributed by atoms with E-state index in [4.69, 9.17) is 11.6 Å². The lowest BCUT2D eigenvalue weighted by molar-refractivity contribution is -0.115. The summed E-state index contributed by atoms with van der Waals surface area (Å²) in [6.45, 7) is 9.43. The van der Waals surface area contributed by atoms with Crippen molar-refractivity contribution in [3.05, 3.63) is 58.6 Å². The molecule has 3 rings (SSSR count). The van der Waals surface area contributed by atoms with E-state index in [2.05, 4.69) is 10.2 Å². The molecule has 0 saturated carbocycles. The fraction of sp³-hybridized carbons (Fsp3) is 0.423. The monoisotopic (exact) mass is 484 g/mol. The molecule has 1 aliphatic rings. The fourth-order valence-corrected chi connectivity index (χ4v) is 4.25. The number of nitrogens with zero attached hydrogens (tertiary/aromatic N) is 3. The summed E-state index contributed by atoms with van der Waals surface area (Å²) >= 11 is 5.96. The Bertz CT molecular complexity index is 1020. The molecule has 182 valence electrons. The largest absolute Gasteiger partial charge is 0.369 e. The van der Waals surface area contributed by atoms with Crippen LogP contribution >= 0.6 is 11.6 Å². The summed E-state index contributed by atoms with van der Waals surface area (Å²) < 4.78 is 0. The molecule has 1 aliphatic heterocycles. The van der Waals surface area contributed by atoms with Gasteiger partial charge < -0.3 is 20.0 Å². The van der Waals surface area contributed by atoms with Gasteiger partial charge in [-0.15, -0.1) is 0 Å². The van der Waals surface area contributed by atoms with E-state index in [1.54, 1.807) is 42.2 Å². The summed E-state index contributed by atoms with van der Waals surface area (Å²) in [5, 5.41) is 3.46. The lowest BCUT2D eigenvalue weighted by Crippen LogP contribution is -2.36. The lowest BCUT2D eigenvalue weighted by atomic mass is 10.1. The number of halogens is 1. The van der Waals surface area contributed by atoms with Gasteiger partial charge in [0, 0.05) is 67.7 Å². The van der Waals surface area contributed by atoms with Gasteiger partial charge in [0.05, 0.1) is 5.56 Å². The molecular formula is C26H33ClN4O3. The second kappa shape index (κ2) is 11.9. The third kappa shape index (κ3) is 6.08. The average molecular weight is 485 g/mol. The minimum Gasteiger partial charge on any atom is -0.369 e. The van der Waals surface area contributed by atoms with Crippen molar-refractivity contribution in [3.8, 4) is 0 Å². The maximum atomic E-state index is 13.4. The molecule has 0 aromatic heterocycles. The maximum absolute atomic E-state index is 13.4. The van der Waals surface area contributed by atoms with E-state index in [0.29, 0.717) is 61.0 Å². The summed E-state index contributed by atoms with van der Waals surface area (Å²) in [6.07, 6.45) is 1.15. The Morgan fingerprint density at radius 1 is 0.941 bits per heavy atom. The summed E-state index contributed by atoms with van der Waals surface area (Å²) in [5.41, 5.74) is 2.62. The molecule has 3 amide bonds. The van der Waals surface area contributed by atoms with Gasteiger partial charge in [-0.25, -0.2) is 0 Å². The number of amides is 3. The zero-order valence-electron chi connectivity index (χ0n) is 20.1. The van der Waals surface area contributed by atoms with Gasteiger partial charge in [-0.05, 0) is 62.7 Å². The Kier molecular flexibility index (Phi) is 8.93. The van der Waals surface area contributed by atoms with Crippen LogP contribution in [0.25, 0.3) is 0 Å². The molecule has 1 heterocycles. The molecule has 0 aliphatic carbocycles. The average Bonchev–Trinajstić information content (AvgIpc) is 3.11. The van der Waals surface area contributed by atoms with Crippen LogP contribution in [0, 0.1) is 0 Å². The van der Waals surface area contributed by atoms with E-state index in [1.165, 1.54) is 0 Å². The van der Waals surface area contributed by atoms with Crippen molar-refractivity contribution >= 4 is 40.7 Å². The van der Waals surface area contributed by atoms with Gasteiger partial charge in [0.2, 0.25) is 5.91 Å². The minimum atomic E-state index is -0.0971. The van der Waals surface area contributed by atoms with Crippen molar-refractivity contribution in [3.63, 3.8) is 0 Å². The van der Waals surface area contributed by atoms with E-state index in [0.717, 1.165) is 18.7 Å². The molecule has 1 N–H and O–H groups in total. The van der Waals surface area contributed by atoms with E-state index >= 15 is 0 Å². The molecule has 7 nitrogen and oxygen atoms in total. The number of hydrogen-bond acceptors (Lipinski definition) is 4. The third-order valence-electron chi connectivity index (χ3n) is 6.10. The topological polar surface area (TPSA) is 73.0 Å².